The molecule has 1 heterocycles. The van der Waals surface area contributed by atoms with Gasteiger partial charge in [-0.25, -0.2) is 4.98 Å². The Balaban J connectivity index is 2.29. The van der Waals surface area contributed by atoms with Crippen molar-refractivity contribution in [2.75, 3.05) is 5.73 Å². The first-order valence-electron chi connectivity index (χ1n) is 5.13. The van der Waals surface area contributed by atoms with Gasteiger partial charge in [-0.1, -0.05) is 17.7 Å². The number of alkyl halides is 3. The van der Waals surface area contributed by atoms with E-state index in [4.69, 9.17) is 22.1 Å². The van der Waals surface area contributed by atoms with Gasteiger partial charge in [0.2, 0.25) is 5.88 Å². The third-order valence-corrected chi connectivity index (χ3v) is 2.44. The van der Waals surface area contributed by atoms with Crippen LogP contribution in [0.1, 0.15) is 5.69 Å². The Morgan fingerprint density at radius 3 is 2.53 bits per heavy atom. The number of ether oxygens (including phenoxy) is 1. The lowest BCUT2D eigenvalue weighted by atomic mass is 10.3. The van der Waals surface area contributed by atoms with E-state index in [0.717, 1.165) is 6.07 Å². The molecule has 0 amide bonds. The van der Waals surface area contributed by atoms with Crippen LogP contribution in [-0.4, -0.2) is 4.98 Å². The molecule has 0 radical (unpaired) electrons. The molecule has 0 atom stereocenters. The van der Waals surface area contributed by atoms with E-state index < -0.39 is 11.9 Å². The fraction of sp³-hybridized carbons (Fsp3) is 0.0833. The molecule has 2 rings (SSSR count). The van der Waals surface area contributed by atoms with E-state index in [0.29, 0.717) is 5.02 Å². The van der Waals surface area contributed by atoms with E-state index >= 15 is 0 Å². The minimum Gasteiger partial charge on any atom is -0.437 e. The van der Waals surface area contributed by atoms with Gasteiger partial charge in [0, 0.05) is 11.1 Å². The number of benzene rings is 1. The smallest absolute Gasteiger partial charge is 0.433 e. The molecule has 3 nitrogen and oxygen atoms in total. The first kappa shape index (κ1) is 13.5. The summed E-state index contributed by atoms with van der Waals surface area (Å²) in [6, 6.07) is 7.78. The molecule has 19 heavy (non-hydrogen) atoms. The maximum absolute atomic E-state index is 12.5. The molecule has 0 saturated carbocycles. The van der Waals surface area contributed by atoms with Crippen molar-refractivity contribution in [3.63, 3.8) is 0 Å². The summed E-state index contributed by atoms with van der Waals surface area (Å²) in [5.41, 5.74) is 4.82. The van der Waals surface area contributed by atoms with Crippen LogP contribution < -0.4 is 10.5 Å². The van der Waals surface area contributed by atoms with Gasteiger partial charge in [-0.3, -0.25) is 0 Å². The number of anilines is 1. The summed E-state index contributed by atoms with van der Waals surface area (Å²) in [5, 5.41) is 0.404. The van der Waals surface area contributed by atoms with Crippen molar-refractivity contribution >= 4 is 17.3 Å². The zero-order chi connectivity index (χ0) is 14.0. The Morgan fingerprint density at radius 1 is 1.16 bits per heavy atom. The third kappa shape index (κ3) is 3.29. The standard InChI is InChI=1S/C12H8ClF3N2O/c13-7-4-5-9(8(17)6-7)19-11-3-1-2-10(18-11)12(14,15)16/h1-6H,17H2. The molecule has 1 aromatic carbocycles. The maximum Gasteiger partial charge on any atom is 0.433 e. The number of hydrogen-bond donors (Lipinski definition) is 1. The second-order valence-corrected chi connectivity index (χ2v) is 4.08. The molecule has 0 unspecified atom stereocenters. The quantitative estimate of drug-likeness (QED) is 0.845. The summed E-state index contributed by atoms with van der Waals surface area (Å²) in [6.07, 6.45) is -4.52. The molecular formula is C12H8ClF3N2O. The summed E-state index contributed by atoms with van der Waals surface area (Å²) >= 11 is 5.71. The molecule has 0 aliphatic rings. The SMILES string of the molecule is Nc1cc(Cl)ccc1Oc1cccc(C(F)(F)F)n1. The largest absolute Gasteiger partial charge is 0.437 e. The third-order valence-electron chi connectivity index (χ3n) is 2.20. The normalized spacial score (nSPS) is 11.4. The molecule has 0 saturated heterocycles. The van der Waals surface area contributed by atoms with Gasteiger partial charge in [-0.2, -0.15) is 13.2 Å². The number of pyridine rings is 1. The van der Waals surface area contributed by atoms with Gasteiger partial charge in [-0.05, 0) is 24.3 Å². The van der Waals surface area contributed by atoms with E-state index in [9.17, 15) is 13.2 Å². The van der Waals surface area contributed by atoms with Gasteiger partial charge >= 0.3 is 6.18 Å². The fourth-order valence-electron chi connectivity index (χ4n) is 1.35. The summed E-state index contributed by atoms with van der Waals surface area (Å²) in [6.45, 7) is 0. The molecule has 0 spiro atoms. The predicted octanol–water partition coefficient (Wildman–Crippen LogP) is 4.13. The van der Waals surface area contributed by atoms with Crippen LogP contribution in [0, 0.1) is 0 Å². The van der Waals surface area contributed by atoms with Gasteiger partial charge in [0.1, 0.15) is 5.69 Å². The number of nitrogens with zero attached hydrogens (tertiary/aromatic N) is 1. The first-order chi connectivity index (χ1) is 8.86. The highest BCUT2D eigenvalue weighted by atomic mass is 35.5. The minimum absolute atomic E-state index is 0.191. The molecule has 2 N–H and O–H groups in total. The van der Waals surface area contributed by atoms with Crippen LogP contribution in [0.4, 0.5) is 18.9 Å². The number of halogens is 4. The molecule has 7 heteroatoms. The number of rotatable bonds is 2. The van der Waals surface area contributed by atoms with Crippen LogP contribution in [0.25, 0.3) is 0 Å². The molecule has 2 aromatic rings. The van der Waals surface area contributed by atoms with Crippen LogP contribution >= 0.6 is 11.6 Å². The van der Waals surface area contributed by atoms with Gasteiger partial charge < -0.3 is 10.5 Å². The monoisotopic (exact) mass is 288 g/mol. The summed E-state index contributed by atoms with van der Waals surface area (Å²) in [7, 11) is 0. The molecule has 0 fully saturated rings. The molecule has 0 aliphatic heterocycles. The highest BCUT2D eigenvalue weighted by Gasteiger charge is 2.32. The topological polar surface area (TPSA) is 48.1 Å². The van der Waals surface area contributed by atoms with E-state index in [1.54, 1.807) is 0 Å². The van der Waals surface area contributed by atoms with E-state index in [1.165, 1.54) is 30.3 Å². The molecule has 0 aliphatic carbocycles. The van der Waals surface area contributed by atoms with Gasteiger partial charge in [-0.15, -0.1) is 0 Å². The van der Waals surface area contributed by atoms with Gasteiger partial charge in [0.25, 0.3) is 0 Å². The molecule has 1 aromatic heterocycles. The van der Waals surface area contributed by atoms with Gasteiger partial charge in [0.15, 0.2) is 5.75 Å². The number of aromatic nitrogens is 1. The van der Waals surface area contributed by atoms with Crippen molar-refractivity contribution in [2.45, 2.75) is 6.18 Å². The fourth-order valence-corrected chi connectivity index (χ4v) is 1.54. The average molecular weight is 289 g/mol. The van der Waals surface area contributed by atoms with E-state index in [2.05, 4.69) is 4.98 Å². The Morgan fingerprint density at radius 2 is 1.89 bits per heavy atom. The highest BCUT2D eigenvalue weighted by molar-refractivity contribution is 6.30. The van der Waals surface area contributed by atoms with E-state index in [-0.39, 0.29) is 17.3 Å². The summed E-state index contributed by atoms with van der Waals surface area (Å²) in [4.78, 5) is 3.37. The predicted molar refractivity (Wildman–Crippen MR) is 65.2 cm³/mol. The van der Waals surface area contributed by atoms with Crippen molar-refractivity contribution in [1.29, 1.82) is 0 Å². The Kier molecular flexibility index (Phi) is 3.53. The lowest BCUT2D eigenvalue weighted by molar-refractivity contribution is -0.141. The second kappa shape index (κ2) is 4.97. The maximum atomic E-state index is 12.5. The first-order valence-corrected chi connectivity index (χ1v) is 5.51. The van der Waals surface area contributed by atoms with Crippen LogP contribution in [-0.2, 0) is 6.18 Å². The van der Waals surface area contributed by atoms with E-state index in [1.807, 2.05) is 0 Å². The van der Waals surface area contributed by atoms with Crippen molar-refractivity contribution in [2.24, 2.45) is 0 Å². The molecule has 100 valence electrons. The number of nitrogen functional groups attached to an aromatic ring is 1. The number of nitrogens with two attached hydrogens (primary N) is 1. The second-order valence-electron chi connectivity index (χ2n) is 3.64. The van der Waals surface area contributed by atoms with Crippen molar-refractivity contribution in [1.82, 2.24) is 4.98 Å². The van der Waals surface area contributed by atoms with Crippen LogP contribution in [0.5, 0.6) is 11.6 Å². The van der Waals surface area contributed by atoms with Crippen LogP contribution in [0.2, 0.25) is 5.02 Å². The number of hydrogen-bond acceptors (Lipinski definition) is 3. The molecular weight excluding hydrogens is 281 g/mol. The lowest BCUT2D eigenvalue weighted by Gasteiger charge is -2.10. The summed E-state index contributed by atoms with van der Waals surface area (Å²) in [5.74, 6) is 0.0000666. The Labute approximate surface area is 111 Å². The lowest BCUT2D eigenvalue weighted by Crippen LogP contribution is -2.08. The van der Waals surface area contributed by atoms with Crippen molar-refractivity contribution in [3.05, 3.63) is 47.1 Å². The van der Waals surface area contributed by atoms with Crippen LogP contribution in [0.3, 0.4) is 0 Å². The minimum atomic E-state index is -4.52. The van der Waals surface area contributed by atoms with Crippen LogP contribution in [0.15, 0.2) is 36.4 Å². The Hall–Kier alpha value is -1.95. The van der Waals surface area contributed by atoms with Crippen molar-refractivity contribution in [3.8, 4) is 11.6 Å². The molecule has 0 bridgehead atoms. The average Bonchev–Trinajstić information content (AvgIpc) is 2.32. The summed E-state index contributed by atoms with van der Waals surface area (Å²) < 4.78 is 42.6. The highest BCUT2D eigenvalue weighted by Crippen LogP contribution is 2.32. The van der Waals surface area contributed by atoms with Crippen molar-refractivity contribution < 1.29 is 17.9 Å². The van der Waals surface area contributed by atoms with Gasteiger partial charge in [0.05, 0.1) is 5.69 Å². The zero-order valence-electron chi connectivity index (χ0n) is 9.41. The zero-order valence-corrected chi connectivity index (χ0v) is 10.2. The Bertz CT molecular complexity index is 602.